The van der Waals surface area contributed by atoms with Crippen LogP contribution in [0.1, 0.15) is 24.5 Å². The highest BCUT2D eigenvalue weighted by atomic mass is 16.5. The van der Waals surface area contributed by atoms with Crippen molar-refractivity contribution in [2.45, 2.75) is 25.3 Å². The minimum absolute atomic E-state index is 0.184. The Balaban J connectivity index is 2.38. The molecule has 1 atom stereocenters. The van der Waals surface area contributed by atoms with Crippen LogP contribution in [0.2, 0.25) is 0 Å². The van der Waals surface area contributed by atoms with Gasteiger partial charge >= 0.3 is 5.97 Å². The minimum Gasteiger partial charge on any atom is -0.464 e. The first-order valence-electron chi connectivity index (χ1n) is 6.36. The van der Waals surface area contributed by atoms with Crippen molar-refractivity contribution in [1.29, 1.82) is 0 Å². The van der Waals surface area contributed by atoms with Gasteiger partial charge in [0.15, 0.2) is 0 Å². The van der Waals surface area contributed by atoms with Crippen LogP contribution in [0, 0.1) is 0 Å². The molecular formula is C15H19NO2. The van der Waals surface area contributed by atoms with Gasteiger partial charge in [-0.1, -0.05) is 30.3 Å². The number of hydrogen-bond acceptors (Lipinski definition) is 3. The zero-order chi connectivity index (χ0) is 13.0. The van der Waals surface area contributed by atoms with Crippen LogP contribution < -0.4 is 5.32 Å². The molecule has 0 heterocycles. The first-order valence-corrected chi connectivity index (χ1v) is 6.36. The van der Waals surface area contributed by atoms with E-state index in [-0.39, 0.29) is 5.97 Å². The molecule has 0 radical (unpaired) electrons. The van der Waals surface area contributed by atoms with Gasteiger partial charge in [0.1, 0.15) is 5.54 Å². The van der Waals surface area contributed by atoms with Gasteiger partial charge in [-0.3, -0.25) is 5.32 Å². The zero-order valence-electron chi connectivity index (χ0n) is 10.7. The number of benzene rings is 1. The number of aryl methyl sites for hydroxylation is 1. The maximum absolute atomic E-state index is 12.3. The van der Waals surface area contributed by atoms with Crippen molar-refractivity contribution >= 4 is 5.97 Å². The Morgan fingerprint density at radius 2 is 2.33 bits per heavy atom. The van der Waals surface area contributed by atoms with Crippen molar-refractivity contribution in [3.05, 3.63) is 48.0 Å². The van der Waals surface area contributed by atoms with E-state index in [9.17, 15) is 4.79 Å². The molecule has 0 fully saturated rings. The van der Waals surface area contributed by atoms with Gasteiger partial charge in [-0.05, 0) is 30.9 Å². The molecule has 2 rings (SSSR count). The summed E-state index contributed by atoms with van der Waals surface area (Å²) in [7, 11) is 0. The van der Waals surface area contributed by atoms with Gasteiger partial charge in [0.25, 0.3) is 0 Å². The Bertz CT molecular complexity index is 456. The standard InChI is InChI=1S/C15H19NO2/c1-3-11-16-15(14(17)18-4-2)10-9-12-7-5-6-8-13(12)15/h3,5-8,16H,1,4,9-11H2,2H3. The minimum atomic E-state index is -0.694. The van der Waals surface area contributed by atoms with Crippen LogP contribution in [0.4, 0.5) is 0 Å². The van der Waals surface area contributed by atoms with Crippen molar-refractivity contribution in [3.63, 3.8) is 0 Å². The number of esters is 1. The first kappa shape index (κ1) is 12.8. The van der Waals surface area contributed by atoms with Crippen LogP contribution in [0.25, 0.3) is 0 Å². The number of rotatable bonds is 5. The van der Waals surface area contributed by atoms with Gasteiger partial charge < -0.3 is 4.74 Å². The average Bonchev–Trinajstić information content (AvgIpc) is 2.77. The smallest absolute Gasteiger partial charge is 0.331 e. The molecule has 0 aliphatic heterocycles. The Kier molecular flexibility index (Phi) is 3.82. The molecule has 18 heavy (non-hydrogen) atoms. The van der Waals surface area contributed by atoms with Crippen molar-refractivity contribution in [2.24, 2.45) is 0 Å². The maximum atomic E-state index is 12.3. The number of ether oxygens (including phenoxy) is 1. The molecule has 0 bridgehead atoms. The predicted molar refractivity (Wildman–Crippen MR) is 71.3 cm³/mol. The fourth-order valence-corrected chi connectivity index (χ4v) is 2.58. The fraction of sp³-hybridized carbons (Fsp3) is 0.400. The summed E-state index contributed by atoms with van der Waals surface area (Å²) in [5.41, 5.74) is 1.58. The molecule has 0 spiro atoms. The largest absolute Gasteiger partial charge is 0.464 e. The summed E-state index contributed by atoms with van der Waals surface area (Å²) < 4.78 is 5.25. The second kappa shape index (κ2) is 5.36. The third-order valence-electron chi connectivity index (χ3n) is 3.42. The van der Waals surface area contributed by atoms with Crippen LogP contribution >= 0.6 is 0 Å². The van der Waals surface area contributed by atoms with Crippen LogP contribution in [0.15, 0.2) is 36.9 Å². The molecule has 0 saturated carbocycles. The first-order chi connectivity index (χ1) is 8.74. The molecule has 3 heteroatoms. The van der Waals surface area contributed by atoms with E-state index in [1.807, 2.05) is 25.1 Å². The number of hydrogen-bond donors (Lipinski definition) is 1. The maximum Gasteiger partial charge on any atom is 0.331 e. The summed E-state index contributed by atoms with van der Waals surface area (Å²) in [4.78, 5) is 12.3. The van der Waals surface area contributed by atoms with E-state index in [2.05, 4.69) is 18.0 Å². The van der Waals surface area contributed by atoms with Gasteiger partial charge in [-0.2, -0.15) is 0 Å². The SMILES string of the molecule is C=CCNC1(C(=O)OCC)CCc2ccccc21. The summed E-state index contributed by atoms with van der Waals surface area (Å²) in [6.45, 7) is 6.52. The van der Waals surface area contributed by atoms with Crippen molar-refractivity contribution in [3.8, 4) is 0 Å². The van der Waals surface area contributed by atoms with E-state index in [4.69, 9.17) is 4.74 Å². The molecule has 1 N–H and O–H groups in total. The summed E-state index contributed by atoms with van der Waals surface area (Å²) in [5, 5.41) is 3.29. The predicted octanol–water partition coefficient (Wildman–Crippen LogP) is 2.17. The summed E-state index contributed by atoms with van der Waals surface area (Å²) in [5.74, 6) is -0.184. The molecule has 1 unspecified atom stereocenters. The van der Waals surface area contributed by atoms with E-state index in [0.29, 0.717) is 13.2 Å². The molecule has 1 aliphatic rings. The van der Waals surface area contributed by atoms with Gasteiger partial charge in [-0.25, -0.2) is 4.79 Å². The van der Waals surface area contributed by atoms with E-state index >= 15 is 0 Å². The highest BCUT2D eigenvalue weighted by Crippen LogP contribution is 2.37. The molecule has 0 saturated heterocycles. The van der Waals surface area contributed by atoms with E-state index < -0.39 is 5.54 Å². The monoisotopic (exact) mass is 245 g/mol. The molecule has 0 amide bonds. The lowest BCUT2D eigenvalue weighted by Gasteiger charge is -2.28. The second-order valence-corrected chi connectivity index (χ2v) is 4.45. The number of nitrogens with one attached hydrogen (secondary N) is 1. The summed E-state index contributed by atoms with van der Waals surface area (Å²) in [6, 6.07) is 8.06. The Hall–Kier alpha value is -1.61. The third kappa shape index (κ3) is 2.06. The van der Waals surface area contributed by atoms with Gasteiger partial charge in [-0.15, -0.1) is 6.58 Å². The third-order valence-corrected chi connectivity index (χ3v) is 3.42. The topological polar surface area (TPSA) is 38.3 Å². The lowest BCUT2D eigenvalue weighted by atomic mass is 9.91. The van der Waals surface area contributed by atoms with Crippen molar-refractivity contribution < 1.29 is 9.53 Å². The Labute approximate surface area is 108 Å². The quantitative estimate of drug-likeness (QED) is 0.638. The Morgan fingerprint density at radius 3 is 3.06 bits per heavy atom. The van der Waals surface area contributed by atoms with E-state index in [1.165, 1.54) is 5.56 Å². The second-order valence-electron chi connectivity index (χ2n) is 4.45. The lowest BCUT2D eigenvalue weighted by Crippen LogP contribution is -2.48. The molecule has 1 aliphatic carbocycles. The molecule has 96 valence electrons. The molecule has 0 aromatic heterocycles. The van der Waals surface area contributed by atoms with Gasteiger partial charge in [0.05, 0.1) is 6.61 Å². The van der Waals surface area contributed by atoms with Crippen molar-refractivity contribution in [1.82, 2.24) is 5.32 Å². The summed E-state index contributed by atoms with van der Waals surface area (Å²) >= 11 is 0. The highest BCUT2D eigenvalue weighted by molar-refractivity contribution is 5.84. The van der Waals surface area contributed by atoms with Crippen LogP contribution in [0.5, 0.6) is 0 Å². The van der Waals surface area contributed by atoms with E-state index in [0.717, 1.165) is 18.4 Å². The Morgan fingerprint density at radius 1 is 1.56 bits per heavy atom. The molecule has 1 aromatic rings. The van der Waals surface area contributed by atoms with Crippen LogP contribution in [0.3, 0.4) is 0 Å². The summed E-state index contributed by atoms with van der Waals surface area (Å²) in [6.07, 6.45) is 3.42. The van der Waals surface area contributed by atoms with Gasteiger partial charge in [0, 0.05) is 6.54 Å². The fourth-order valence-electron chi connectivity index (χ4n) is 2.58. The number of fused-ring (bicyclic) bond motifs is 1. The molecular weight excluding hydrogens is 226 g/mol. The van der Waals surface area contributed by atoms with Crippen molar-refractivity contribution in [2.75, 3.05) is 13.2 Å². The number of carbonyl (C=O) groups excluding carboxylic acids is 1. The van der Waals surface area contributed by atoms with E-state index in [1.54, 1.807) is 6.08 Å². The average molecular weight is 245 g/mol. The molecule has 1 aromatic carbocycles. The molecule has 3 nitrogen and oxygen atoms in total. The normalized spacial score (nSPS) is 21.4. The highest BCUT2D eigenvalue weighted by Gasteiger charge is 2.45. The zero-order valence-corrected chi connectivity index (χ0v) is 10.7. The van der Waals surface area contributed by atoms with Crippen LogP contribution in [-0.2, 0) is 21.5 Å². The van der Waals surface area contributed by atoms with Gasteiger partial charge in [0.2, 0.25) is 0 Å². The van der Waals surface area contributed by atoms with Crippen LogP contribution in [-0.4, -0.2) is 19.1 Å². The lowest BCUT2D eigenvalue weighted by molar-refractivity contribution is -0.151. The number of carbonyl (C=O) groups is 1.